The number of carbonyl (C=O) groups excluding carboxylic acids is 2. The van der Waals surface area contributed by atoms with Crippen LogP contribution in [0.4, 0.5) is 0 Å². The zero-order chi connectivity index (χ0) is 39.5. The molecule has 54 heavy (non-hydrogen) atoms. The Morgan fingerprint density at radius 1 is 0.852 bits per heavy atom. The van der Waals surface area contributed by atoms with Gasteiger partial charge in [0.05, 0.1) is 12.8 Å². The molecule has 6 rings (SSSR count). The predicted molar refractivity (Wildman–Crippen MR) is 216 cm³/mol. The van der Waals surface area contributed by atoms with Crippen LogP contribution in [0.2, 0.25) is 0 Å². The third-order valence-corrected chi connectivity index (χ3v) is 17.8. The number of fused-ring (bicyclic) bond motifs is 7. The highest BCUT2D eigenvalue weighted by atomic mass is 16.5. The van der Waals surface area contributed by atoms with Crippen molar-refractivity contribution in [2.45, 2.75) is 151 Å². The molecule has 8 heteroatoms. The number of carbonyl (C=O) groups is 3. The number of nitrogens with zero attached hydrogens (tertiary/aromatic N) is 2. The maximum Gasteiger partial charge on any atom is 0.306 e. The molecule has 5 aliphatic carbocycles. The molecule has 6 aliphatic rings. The van der Waals surface area contributed by atoms with Crippen molar-refractivity contribution < 1.29 is 24.2 Å². The quantitative estimate of drug-likeness (QED) is 0.117. The van der Waals surface area contributed by atoms with E-state index in [1.54, 1.807) is 0 Å². The van der Waals surface area contributed by atoms with Crippen LogP contribution < -0.4 is 5.32 Å². The number of rotatable bonds is 12. The SMILES string of the molecule is C=C(C)[C@@H]1CC[C@]2(CC(=O)NCCCN3CCN(C)CC3)CC[C@]3(C)[C@H](CCC4[C@@]5(C)CC[C@H](OC(=O)CC(C)(C)CC(=O)O)C(C)(C)C5CC[C@]43C)[C@@H]12. The van der Waals surface area contributed by atoms with E-state index < -0.39 is 11.4 Å². The molecule has 306 valence electrons. The highest BCUT2D eigenvalue weighted by Crippen LogP contribution is 2.78. The summed E-state index contributed by atoms with van der Waals surface area (Å²) in [6, 6.07) is 0. The summed E-state index contributed by atoms with van der Waals surface area (Å²) in [5.41, 5.74) is 1.18. The van der Waals surface area contributed by atoms with E-state index in [2.05, 4.69) is 70.3 Å². The molecular formula is C46H77N3O5. The average Bonchev–Trinajstić information content (AvgIpc) is 3.44. The Balaban J connectivity index is 1.15. The van der Waals surface area contributed by atoms with E-state index in [1.165, 1.54) is 37.7 Å². The van der Waals surface area contributed by atoms with Crippen LogP contribution in [0.3, 0.4) is 0 Å². The Bertz CT molecular complexity index is 1430. The number of nitrogens with one attached hydrogen (secondary N) is 1. The Labute approximate surface area is 328 Å². The number of hydrogen-bond acceptors (Lipinski definition) is 6. The largest absolute Gasteiger partial charge is 0.481 e. The second kappa shape index (κ2) is 15.1. The number of amides is 1. The van der Waals surface area contributed by atoms with Crippen LogP contribution in [0, 0.1) is 62.1 Å². The number of carboxylic acids is 1. The van der Waals surface area contributed by atoms with Crippen LogP contribution >= 0.6 is 0 Å². The van der Waals surface area contributed by atoms with Crippen molar-refractivity contribution >= 4 is 17.8 Å². The van der Waals surface area contributed by atoms with Crippen LogP contribution in [0.1, 0.15) is 145 Å². The van der Waals surface area contributed by atoms with E-state index in [0.29, 0.717) is 36.0 Å². The molecule has 1 saturated heterocycles. The highest BCUT2D eigenvalue weighted by molar-refractivity contribution is 5.77. The molecule has 2 N–H and O–H groups in total. The number of esters is 1. The van der Waals surface area contributed by atoms with Gasteiger partial charge in [-0.25, -0.2) is 0 Å². The van der Waals surface area contributed by atoms with Crippen molar-refractivity contribution in [3.63, 3.8) is 0 Å². The van der Waals surface area contributed by atoms with Crippen molar-refractivity contribution in [1.29, 1.82) is 0 Å². The Morgan fingerprint density at radius 2 is 1.56 bits per heavy atom. The minimum absolute atomic E-state index is 0.0451. The standard InChI is InChI=1S/C46H77N3O5/c1-31(2)32-14-19-46(28-37(50)47-22-11-23-49-26-24-48(10)25-27-49)21-20-44(8)33(40(32)46)12-13-35-43(7)17-16-36(42(5,6)34(43)15-18-45(35,44)9)54-39(53)30-41(3,4)29-38(51)52/h32-36,40H,1,11-30H2,2-10H3,(H,47,50)(H,51,52)/t32-,33+,34?,35?,36-,40+,43-,44+,45+,46+/m0/s1. The molecule has 0 radical (unpaired) electrons. The molecule has 0 aromatic carbocycles. The summed E-state index contributed by atoms with van der Waals surface area (Å²) in [7, 11) is 2.20. The molecule has 1 amide bonds. The monoisotopic (exact) mass is 752 g/mol. The van der Waals surface area contributed by atoms with Gasteiger partial charge in [0.25, 0.3) is 0 Å². The number of aliphatic carboxylic acids is 1. The van der Waals surface area contributed by atoms with Gasteiger partial charge in [0.1, 0.15) is 6.10 Å². The van der Waals surface area contributed by atoms with Gasteiger partial charge in [0, 0.05) is 44.6 Å². The summed E-state index contributed by atoms with van der Waals surface area (Å²) in [6.07, 6.45) is 13.0. The van der Waals surface area contributed by atoms with Crippen molar-refractivity contribution in [3.8, 4) is 0 Å². The molecule has 0 spiro atoms. The Kier molecular flexibility index (Phi) is 11.7. The van der Waals surface area contributed by atoms with Gasteiger partial charge in [-0.15, -0.1) is 0 Å². The third-order valence-electron chi connectivity index (χ3n) is 17.8. The molecule has 0 bridgehead atoms. The molecule has 2 unspecified atom stereocenters. The zero-order valence-electron chi connectivity index (χ0n) is 35.8. The first-order valence-electron chi connectivity index (χ1n) is 21.9. The van der Waals surface area contributed by atoms with Gasteiger partial charge in [-0.3, -0.25) is 14.4 Å². The number of allylic oxidation sites excluding steroid dienone is 1. The van der Waals surface area contributed by atoms with E-state index in [9.17, 15) is 19.5 Å². The van der Waals surface area contributed by atoms with Gasteiger partial charge in [0.2, 0.25) is 5.91 Å². The second-order valence-electron chi connectivity index (χ2n) is 21.8. The van der Waals surface area contributed by atoms with Gasteiger partial charge in [-0.05, 0) is 148 Å². The van der Waals surface area contributed by atoms with Crippen LogP contribution in [0.25, 0.3) is 0 Å². The first kappa shape index (κ1) is 41.7. The highest BCUT2D eigenvalue weighted by Gasteiger charge is 2.71. The summed E-state index contributed by atoms with van der Waals surface area (Å²) >= 11 is 0. The van der Waals surface area contributed by atoms with Crippen molar-refractivity contribution in [2.24, 2.45) is 62.1 Å². The molecule has 0 aromatic heterocycles. The van der Waals surface area contributed by atoms with E-state index in [1.807, 2.05) is 13.8 Å². The Morgan fingerprint density at radius 3 is 2.22 bits per heavy atom. The molecule has 8 nitrogen and oxygen atoms in total. The summed E-state index contributed by atoms with van der Waals surface area (Å²) in [5.74, 6) is 1.81. The van der Waals surface area contributed by atoms with Crippen molar-refractivity contribution in [1.82, 2.24) is 15.1 Å². The number of piperazine rings is 1. The first-order valence-corrected chi connectivity index (χ1v) is 21.9. The fourth-order valence-corrected chi connectivity index (χ4v) is 14.8. The molecular weight excluding hydrogens is 675 g/mol. The third kappa shape index (κ3) is 7.47. The van der Waals surface area contributed by atoms with Gasteiger partial charge >= 0.3 is 11.9 Å². The van der Waals surface area contributed by atoms with Crippen LogP contribution in [-0.4, -0.2) is 85.2 Å². The number of carboxylic acid groups (broad SMARTS) is 1. The van der Waals surface area contributed by atoms with Gasteiger partial charge in [-0.2, -0.15) is 0 Å². The van der Waals surface area contributed by atoms with E-state index in [-0.39, 0.29) is 57.9 Å². The fraction of sp³-hybridized carbons (Fsp3) is 0.891. The predicted octanol–water partition coefficient (Wildman–Crippen LogP) is 8.59. The van der Waals surface area contributed by atoms with Crippen molar-refractivity contribution in [2.75, 3.05) is 46.3 Å². The molecule has 6 fully saturated rings. The lowest BCUT2D eigenvalue weighted by Crippen LogP contribution is -2.67. The van der Waals surface area contributed by atoms with Crippen LogP contribution in [0.15, 0.2) is 12.2 Å². The average molecular weight is 752 g/mol. The van der Waals surface area contributed by atoms with E-state index in [0.717, 1.165) is 77.8 Å². The molecule has 0 aromatic rings. The number of hydrogen-bond donors (Lipinski definition) is 2. The summed E-state index contributed by atoms with van der Waals surface area (Å²) in [6.45, 7) is 29.5. The summed E-state index contributed by atoms with van der Waals surface area (Å²) in [4.78, 5) is 43.4. The lowest BCUT2D eigenvalue weighted by Gasteiger charge is -2.73. The lowest BCUT2D eigenvalue weighted by atomic mass is 9.32. The topological polar surface area (TPSA) is 99.2 Å². The van der Waals surface area contributed by atoms with Crippen LogP contribution in [0.5, 0.6) is 0 Å². The molecule has 1 heterocycles. The van der Waals surface area contributed by atoms with E-state index >= 15 is 0 Å². The van der Waals surface area contributed by atoms with Crippen LogP contribution in [-0.2, 0) is 19.1 Å². The minimum Gasteiger partial charge on any atom is -0.481 e. The van der Waals surface area contributed by atoms with Crippen molar-refractivity contribution in [3.05, 3.63) is 12.2 Å². The number of ether oxygens (including phenoxy) is 1. The summed E-state index contributed by atoms with van der Waals surface area (Å²) < 4.78 is 6.29. The van der Waals surface area contributed by atoms with Gasteiger partial charge in [0.15, 0.2) is 0 Å². The molecule has 1 aliphatic heterocycles. The van der Waals surface area contributed by atoms with Gasteiger partial charge < -0.3 is 25.0 Å². The smallest absolute Gasteiger partial charge is 0.306 e. The Hall–Kier alpha value is -1.93. The number of likely N-dealkylation sites (N-methyl/N-ethyl adjacent to an activating group) is 1. The normalized spacial score (nSPS) is 40.8. The molecule has 5 saturated carbocycles. The van der Waals surface area contributed by atoms with E-state index in [4.69, 9.17) is 4.74 Å². The fourth-order valence-electron chi connectivity index (χ4n) is 14.8. The minimum atomic E-state index is -0.880. The zero-order valence-corrected chi connectivity index (χ0v) is 35.8. The maximum atomic E-state index is 13.8. The summed E-state index contributed by atoms with van der Waals surface area (Å²) in [5, 5.41) is 12.8. The maximum absolute atomic E-state index is 13.8. The first-order chi connectivity index (χ1) is 25.2. The van der Waals surface area contributed by atoms with Gasteiger partial charge in [-0.1, -0.05) is 60.6 Å². The molecule has 10 atom stereocenters. The second-order valence-corrected chi connectivity index (χ2v) is 21.8. The lowest BCUT2D eigenvalue weighted by molar-refractivity contribution is -0.250.